The lowest BCUT2D eigenvalue weighted by atomic mass is 10.4. The van der Waals surface area contributed by atoms with Gasteiger partial charge in [-0.15, -0.1) is 0 Å². The lowest BCUT2D eigenvalue weighted by molar-refractivity contribution is -0.152. The molecule has 0 bridgehead atoms. The van der Waals surface area contributed by atoms with Gasteiger partial charge in [-0.25, -0.2) is 9.59 Å². The number of esters is 1. The van der Waals surface area contributed by atoms with Crippen LogP contribution in [-0.4, -0.2) is 70.4 Å². The maximum atomic E-state index is 11.9. The first kappa shape index (κ1) is 31.2. The van der Waals surface area contributed by atoms with Crippen LogP contribution in [0.5, 0.6) is 0 Å². The number of amides is 1. The van der Waals surface area contributed by atoms with E-state index in [1.54, 1.807) is 0 Å². The predicted molar refractivity (Wildman–Crippen MR) is 135 cm³/mol. The van der Waals surface area contributed by atoms with Gasteiger partial charge in [-0.3, -0.25) is 0 Å². The fourth-order valence-corrected chi connectivity index (χ4v) is 17.2. The topological polar surface area (TPSA) is 113 Å². The van der Waals surface area contributed by atoms with Gasteiger partial charge in [0.25, 0.3) is 0 Å². The van der Waals surface area contributed by atoms with E-state index >= 15 is 0 Å². The van der Waals surface area contributed by atoms with Crippen LogP contribution in [0.4, 0.5) is 4.79 Å². The van der Waals surface area contributed by atoms with Gasteiger partial charge in [0, 0.05) is 18.2 Å². The number of nitrogens with one attached hydrogen (secondary N) is 1. The van der Waals surface area contributed by atoms with Crippen molar-refractivity contribution < 1.29 is 36.5 Å². The molecule has 2 N–H and O–H groups in total. The van der Waals surface area contributed by atoms with Crippen molar-refractivity contribution in [2.45, 2.75) is 84.6 Å². The van der Waals surface area contributed by atoms with E-state index in [0.29, 0.717) is 19.0 Å². The van der Waals surface area contributed by atoms with Gasteiger partial charge in [-0.1, -0.05) is 6.58 Å². The van der Waals surface area contributed by atoms with Crippen molar-refractivity contribution in [1.29, 1.82) is 0 Å². The van der Waals surface area contributed by atoms with E-state index in [1.807, 2.05) is 0 Å². The Bertz CT molecular complexity index is 600. The molecule has 0 saturated heterocycles. The number of carbonyl (C=O) groups is 2. The Kier molecular flexibility index (Phi) is 12.3. The van der Waals surface area contributed by atoms with Crippen molar-refractivity contribution in [3.8, 4) is 0 Å². The Hall–Kier alpha value is -0.812. The summed E-state index contributed by atoms with van der Waals surface area (Å²) in [6.07, 6.45) is -1.80. The minimum absolute atomic E-state index is 0.191. The van der Waals surface area contributed by atoms with Crippen molar-refractivity contribution >= 4 is 45.8 Å². The van der Waals surface area contributed by atoms with E-state index < -0.39 is 58.7 Å². The highest BCUT2D eigenvalue weighted by atomic mass is 28.5. The van der Waals surface area contributed by atoms with Crippen LogP contribution in [0.2, 0.25) is 65.0 Å². The van der Waals surface area contributed by atoms with E-state index in [-0.39, 0.29) is 5.57 Å². The van der Waals surface area contributed by atoms with E-state index in [1.165, 1.54) is 6.92 Å². The summed E-state index contributed by atoms with van der Waals surface area (Å²) in [5.74, 6) is -0.665. The van der Waals surface area contributed by atoms with Gasteiger partial charge in [0.2, 0.25) is 6.29 Å². The molecule has 0 spiro atoms. The Morgan fingerprint density at radius 3 is 1.72 bits per heavy atom. The van der Waals surface area contributed by atoms with Gasteiger partial charge in [0.05, 0.1) is 0 Å². The molecule has 0 radical (unpaired) electrons. The third-order valence-corrected chi connectivity index (χ3v) is 15.3. The van der Waals surface area contributed by atoms with Gasteiger partial charge in [-0.05, 0) is 72.3 Å². The summed E-state index contributed by atoms with van der Waals surface area (Å²) in [5.41, 5.74) is 0.191. The number of ether oxygens (including phenoxy) is 2. The lowest BCUT2D eigenvalue weighted by Gasteiger charge is -2.43. The van der Waals surface area contributed by atoms with Crippen LogP contribution in [0, 0.1) is 0 Å². The van der Waals surface area contributed by atoms with Crippen LogP contribution in [0.25, 0.3) is 0 Å². The molecule has 32 heavy (non-hydrogen) atoms. The SMILES string of the molecule is C=C(C)C(=O)OCC(O)OC(=O)NCCC[Si](O[Si](C)(C)C)(O[Si](C)(C)C)O[Si](C)(C)C. The van der Waals surface area contributed by atoms with Crippen LogP contribution in [-0.2, 0) is 26.6 Å². The van der Waals surface area contributed by atoms with Crippen molar-refractivity contribution in [3.05, 3.63) is 12.2 Å². The number of aliphatic hydroxyl groups is 1. The molecule has 1 unspecified atom stereocenters. The second-order valence-electron chi connectivity index (χ2n) is 10.6. The molecule has 0 aromatic carbocycles. The van der Waals surface area contributed by atoms with Crippen LogP contribution in [0.1, 0.15) is 13.3 Å². The summed E-state index contributed by atoms with van der Waals surface area (Å²) in [7, 11) is -8.84. The Labute approximate surface area is 197 Å². The van der Waals surface area contributed by atoms with Gasteiger partial charge < -0.3 is 32.2 Å². The molecule has 0 aliphatic carbocycles. The largest absolute Gasteiger partial charge is 0.469 e. The van der Waals surface area contributed by atoms with Crippen molar-refractivity contribution in [2.24, 2.45) is 0 Å². The first-order valence-electron chi connectivity index (χ1n) is 10.8. The fraction of sp³-hybridized carbons (Fsp3) is 0.789. The van der Waals surface area contributed by atoms with Crippen LogP contribution >= 0.6 is 0 Å². The average molecular weight is 526 g/mol. The Morgan fingerprint density at radius 2 is 1.34 bits per heavy atom. The van der Waals surface area contributed by atoms with Crippen LogP contribution in [0.15, 0.2) is 12.2 Å². The molecule has 0 saturated carbocycles. The Balaban J connectivity index is 4.94. The number of hydrogen-bond donors (Lipinski definition) is 2. The van der Waals surface area contributed by atoms with E-state index in [4.69, 9.17) is 21.8 Å². The number of carbonyl (C=O) groups excluding carboxylic acids is 2. The average Bonchev–Trinajstić information content (AvgIpc) is 2.51. The first-order chi connectivity index (χ1) is 14.2. The third-order valence-electron chi connectivity index (χ3n) is 3.26. The van der Waals surface area contributed by atoms with E-state index in [0.717, 1.165) is 0 Å². The molecule has 1 atom stereocenters. The molecule has 0 aromatic heterocycles. The molecule has 0 aliphatic heterocycles. The summed E-state index contributed by atoms with van der Waals surface area (Å²) in [5, 5.41) is 12.3. The van der Waals surface area contributed by atoms with E-state index in [2.05, 4.69) is 70.8 Å². The molecular weight excluding hydrogens is 483 g/mol. The molecule has 0 rings (SSSR count). The van der Waals surface area contributed by atoms with Gasteiger partial charge in [0.15, 0.2) is 31.6 Å². The summed E-state index contributed by atoms with van der Waals surface area (Å²) in [6, 6.07) is 0.574. The summed E-state index contributed by atoms with van der Waals surface area (Å²) < 4.78 is 29.3. The highest BCUT2D eigenvalue weighted by Gasteiger charge is 2.49. The zero-order valence-corrected chi connectivity index (χ0v) is 25.4. The molecule has 0 fully saturated rings. The highest BCUT2D eigenvalue weighted by molar-refractivity contribution is 6.90. The van der Waals surface area contributed by atoms with Crippen molar-refractivity contribution in [3.63, 3.8) is 0 Å². The molecule has 188 valence electrons. The minimum atomic E-state index is -2.96. The predicted octanol–water partition coefficient (Wildman–Crippen LogP) is 4.03. The molecule has 0 heterocycles. The number of rotatable bonds is 14. The zero-order valence-electron chi connectivity index (χ0n) is 21.4. The first-order valence-corrected chi connectivity index (χ1v) is 22.9. The second-order valence-corrected chi connectivity index (χ2v) is 27.6. The highest BCUT2D eigenvalue weighted by Crippen LogP contribution is 2.29. The standard InChI is InChI=1S/C19H43NO8Si4/c1-16(2)18(22)24-15-17(21)25-19(23)20-13-12-14-32(26-29(3,4)5,27-30(6,7)8)28-31(9,10)11/h17,21H,1,12-15H2,2-11H3,(H,20,23). The fourth-order valence-electron chi connectivity index (χ4n) is 2.58. The summed E-state index contributed by atoms with van der Waals surface area (Å²) >= 11 is 0. The molecule has 9 nitrogen and oxygen atoms in total. The number of alkyl carbamates (subject to hydrolysis) is 1. The molecule has 1 amide bonds. The quantitative estimate of drug-likeness (QED) is 0.115. The molecule has 13 heteroatoms. The lowest BCUT2D eigenvalue weighted by Crippen LogP contribution is -2.60. The van der Waals surface area contributed by atoms with Crippen molar-refractivity contribution in [2.75, 3.05) is 13.2 Å². The normalized spacial score (nSPS) is 14.0. The van der Waals surface area contributed by atoms with Crippen LogP contribution in [0.3, 0.4) is 0 Å². The minimum Gasteiger partial charge on any atom is -0.456 e. The van der Waals surface area contributed by atoms with Gasteiger partial charge in [0.1, 0.15) is 0 Å². The van der Waals surface area contributed by atoms with Gasteiger partial charge in [-0.2, -0.15) is 0 Å². The molecule has 0 aliphatic rings. The summed E-state index contributed by atoms with van der Waals surface area (Å²) in [4.78, 5) is 23.3. The number of hydrogen-bond acceptors (Lipinski definition) is 8. The monoisotopic (exact) mass is 525 g/mol. The second kappa shape index (κ2) is 12.6. The van der Waals surface area contributed by atoms with Crippen molar-refractivity contribution in [1.82, 2.24) is 5.32 Å². The van der Waals surface area contributed by atoms with Gasteiger partial charge >= 0.3 is 20.9 Å². The third kappa shape index (κ3) is 15.9. The molecule has 0 aromatic rings. The maximum Gasteiger partial charge on any atom is 0.469 e. The Morgan fingerprint density at radius 1 is 0.906 bits per heavy atom. The van der Waals surface area contributed by atoms with Crippen LogP contribution < -0.4 is 5.32 Å². The molecular formula is C19H43NO8Si4. The zero-order chi connectivity index (χ0) is 25.4. The number of aliphatic hydroxyl groups excluding tert-OH is 1. The smallest absolute Gasteiger partial charge is 0.456 e. The maximum absolute atomic E-state index is 11.9. The van der Waals surface area contributed by atoms with E-state index in [9.17, 15) is 14.7 Å². The summed E-state index contributed by atoms with van der Waals surface area (Å²) in [6.45, 7) is 23.8.